The van der Waals surface area contributed by atoms with Gasteiger partial charge in [0.25, 0.3) is 0 Å². The van der Waals surface area contributed by atoms with Gasteiger partial charge in [-0.25, -0.2) is 4.79 Å². The van der Waals surface area contributed by atoms with Gasteiger partial charge >= 0.3 is 5.97 Å². The Balaban J connectivity index is 1.77. The maximum Gasteiger partial charge on any atom is 0.337 e. The minimum Gasteiger partial charge on any atom is -0.478 e. The van der Waals surface area contributed by atoms with E-state index in [2.05, 4.69) is 17.1 Å². The van der Waals surface area contributed by atoms with Crippen LogP contribution in [0.4, 0.5) is 5.69 Å². The number of carboxylic acids is 1. The van der Waals surface area contributed by atoms with E-state index in [0.717, 1.165) is 19.5 Å². The molecule has 1 fully saturated rings. The molecule has 0 aliphatic carbocycles. The van der Waals surface area contributed by atoms with Gasteiger partial charge in [0.1, 0.15) is 0 Å². The molecule has 1 heterocycles. The third-order valence-corrected chi connectivity index (χ3v) is 4.04. The van der Waals surface area contributed by atoms with E-state index in [1.165, 1.54) is 25.8 Å². The van der Waals surface area contributed by atoms with E-state index in [1.807, 2.05) is 12.1 Å². The molecule has 4 heteroatoms. The van der Waals surface area contributed by atoms with Crippen LogP contribution in [0, 0.1) is 0 Å². The van der Waals surface area contributed by atoms with Crippen molar-refractivity contribution in [3.63, 3.8) is 0 Å². The first kappa shape index (κ1) is 14.9. The van der Waals surface area contributed by atoms with E-state index in [-0.39, 0.29) is 0 Å². The fraction of sp³-hybridized carbons (Fsp3) is 0.562. The van der Waals surface area contributed by atoms with E-state index < -0.39 is 5.97 Å². The molecule has 1 aliphatic rings. The van der Waals surface area contributed by atoms with Gasteiger partial charge in [0.05, 0.1) is 5.56 Å². The summed E-state index contributed by atoms with van der Waals surface area (Å²) in [5.41, 5.74) is 1.06. The smallest absolute Gasteiger partial charge is 0.337 e. The van der Waals surface area contributed by atoms with Gasteiger partial charge in [-0.15, -0.1) is 0 Å². The minimum absolute atomic E-state index is 0.346. The molecule has 110 valence electrons. The lowest BCUT2D eigenvalue weighted by Crippen LogP contribution is -2.38. The number of carboxylic acid groups (broad SMARTS) is 1. The summed E-state index contributed by atoms with van der Waals surface area (Å²) < 4.78 is 0. The molecular formula is C16H24N2O2. The van der Waals surface area contributed by atoms with Crippen LogP contribution in [-0.2, 0) is 0 Å². The largest absolute Gasteiger partial charge is 0.478 e. The number of anilines is 1. The molecule has 1 aromatic rings. The van der Waals surface area contributed by atoms with Gasteiger partial charge in [-0.1, -0.05) is 18.6 Å². The maximum absolute atomic E-state index is 11.1. The SMILES string of the molecule is CC1CCCCN1CCCNc1ccccc1C(=O)O. The van der Waals surface area contributed by atoms with Crippen molar-refractivity contribution in [3.05, 3.63) is 29.8 Å². The van der Waals surface area contributed by atoms with Crippen LogP contribution < -0.4 is 5.32 Å². The molecule has 1 aromatic carbocycles. The molecule has 1 unspecified atom stereocenters. The quantitative estimate of drug-likeness (QED) is 0.784. The Morgan fingerprint density at radius 1 is 1.40 bits per heavy atom. The molecule has 1 atom stereocenters. The van der Waals surface area contributed by atoms with Crippen LogP contribution in [0.15, 0.2) is 24.3 Å². The Hall–Kier alpha value is -1.55. The summed E-state index contributed by atoms with van der Waals surface area (Å²) in [5.74, 6) is -0.877. The second kappa shape index (κ2) is 7.29. The molecule has 0 radical (unpaired) electrons. The third kappa shape index (κ3) is 3.97. The molecule has 20 heavy (non-hydrogen) atoms. The first-order chi connectivity index (χ1) is 9.68. The second-order valence-electron chi connectivity index (χ2n) is 5.51. The number of nitrogens with zero attached hydrogens (tertiary/aromatic N) is 1. The Bertz CT molecular complexity index is 448. The van der Waals surface area contributed by atoms with Gasteiger partial charge in [-0.3, -0.25) is 0 Å². The Morgan fingerprint density at radius 2 is 2.20 bits per heavy atom. The summed E-state index contributed by atoms with van der Waals surface area (Å²) in [6.07, 6.45) is 5.00. The van der Waals surface area contributed by atoms with E-state index in [0.29, 0.717) is 17.3 Å². The molecule has 2 N–H and O–H groups in total. The number of nitrogens with one attached hydrogen (secondary N) is 1. The molecule has 0 aromatic heterocycles. The summed E-state index contributed by atoms with van der Waals surface area (Å²) in [4.78, 5) is 13.6. The topological polar surface area (TPSA) is 52.6 Å². The van der Waals surface area contributed by atoms with Crippen LogP contribution in [0.3, 0.4) is 0 Å². The number of carbonyl (C=O) groups is 1. The first-order valence-corrected chi connectivity index (χ1v) is 7.48. The highest BCUT2D eigenvalue weighted by atomic mass is 16.4. The van der Waals surface area contributed by atoms with Crippen molar-refractivity contribution in [2.45, 2.75) is 38.6 Å². The van der Waals surface area contributed by atoms with Crippen LogP contribution in [-0.4, -0.2) is 41.7 Å². The Morgan fingerprint density at radius 3 is 2.95 bits per heavy atom. The summed E-state index contributed by atoms with van der Waals surface area (Å²) in [7, 11) is 0. The molecular weight excluding hydrogens is 252 g/mol. The summed E-state index contributed by atoms with van der Waals surface area (Å²) in [6, 6.07) is 7.77. The number of rotatable bonds is 6. The van der Waals surface area contributed by atoms with Gasteiger partial charge in [-0.05, 0) is 44.9 Å². The lowest BCUT2D eigenvalue weighted by Gasteiger charge is -2.33. The molecule has 0 spiro atoms. The highest BCUT2D eigenvalue weighted by Gasteiger charge is 2.17. The number of benzene rings is 1. The zero-order valence-electron chi connectivity index (χ0n) is 12.1. The molecule has 0 bridgehead atoms. The molecule has 4 nitrogen and oxygen atoms in total. The van der Waals surface area contributed by atoms with Crippen molar-refractivity contribution in [1.29, 1.82) is 0 Å². The number of hydrogen-bond donors (Lipinski definition) is 2. The monoisotopic (exact) mass is 276 g/mol. The zero-order chi connectivity index (χ0) is 14.4. The van der Waals surface area contributed by atoms with Crippen LogP contribution in [0.5, 0.6) is 0 Å². The predicted molar refractivity (Wildman–Crippen MR) is 81.4 cm³/mol. The minimum atomic E-state index is -0.877. The highest BCUT2D eigenvalue weighted by Crippen LogP contribution is 2.17. The van der Waals surface area contributed by atoms with Crippen LogP contribution in [0.1, 0.15) is 43.0 Å². The van der Waals surface area contributed by atoms with E-state index in [1.54, 1.807) is 12.1 Å². The van der Waals surface area contributed by atoms with Gasteiger partial charge in [0.15, 0.2) is 0 Å². The van der Waals surface area contributed by atoms with Crippen molar-refractivity contribution in [2.75, 3.05) is 25.0 Å². The highest BCUT2D eigenvalue weighted by molar-refractivity contribution is 5.94. The standard InChI is InChI=1S/C16H24N2O2/c1-13-7-4-5-11-18(13)12-6-10-17-15-9-3-2-8-14(15)16(19)20/h2-3,8-9,13,17H,4-7,10-12H2,1H3,(H,19,20). The normalized spacial score (nSPS) is 19.8. The molecule has 2 rings (SSSR count). The molecule has 0 saturated carbocycles. The fourth-order valence-corrected chi connectivity index (χ4v) is 2.82. The van der Waals surface area contributed by atoms with Gasteiger partial charge < -0.3 is 15.3 Å². The maximum atomic E-state index is 11.1. The van der Waals surface area contributed by atoms with Gasteiger partial charge in [0, 0.05) is 24.8 Å². The second-order valence-corrected chi connectivity index (χ2v) is 5.51. The van der Waals surface area contributed by atoms with Crippen LogP contribution >= 0.6 is 0 Å². The van der Waals surface area contributed by atoms with Crippen LogP contribution in [0.2, 0.25) is 0 Å². The van der Waals surface area contributed by atoms with Gasteiger partial charge in [0.2, 0.25) is 0 Å². The predicted octanol–water partition coefficient (Wildman–Crippen LogP) is 3.06. The summed E-state index contributed by atoms with van der Waals surface area (Å²) >= 11 is 0. The van der Waals surface area contributed by atoms with Gasteiger partial charge in [-0.2, -0.15) is 0 Å². The summed E-state index contributed by atoms with van der Waals surface area (Å²) in [5, 5.41) is 12.4. The number of piperidine rings is 1. The average molecular weight is 276 g/mol. The number of aromatic carboxylic acids is 1. The lowest BCUT2D eigenvalue weighted by atomic mass is 10.0. The van der Waals surface area contributed by atoms with Crippen molar-refractivity contribution in [2.24, 2.45) is 0 Å². The first-order valence-electron chi connectivity index (χ1n) is 7.48. The molecule has 1 aliphatic heterocycles. The van der Waals surface area contributed by atoms with Crippen molar-refractivity contribution >= 4 is 11.7 Å². The molecule has 0 amide bonds. The van der Waals surface area contributed by atoms with E-state index in [4.69, 9.17) is 5.11 Å². The van der Waals surface area contributed by atoms with Crippen molar-refractivity contribution in [1.82, 2.24) is 4.90 Å². The average Bonchev–Trinajstić information content (AvgIpc) is 2.45. The van der Waals surface area contributed by atoms with Crippen molar-refractivity contribution in [3.8, 4) is 0 Å². The Labute approximate surface area is 120 Å². The van der Waals surface area contributed by atoms with E-state index >= 15 is 0 Å². The van der Waals surface area contributed by atoms with Crippen molar-refractivity contribution < 1.29 is 9.90 Å². The zero-order valence-corrected chi connectivity index (χ0v) is 12.1. The third-order valence-electron chi connectivity index (χ3n) is 4.04. The number of likely N-dealkylation sites (tertiary alicyclic amines) is 1. The lowest BCUT2D eigenvalue weighted by molar-refractivity contribution is 0.0698. The Kier molecular flexibility index (Phi) is 5.41. The van der Waals surface area contributed by atoms with E-state index in [9.17, 15) is 4.79 Å². The fourth-order valence-electron chi connectivity index (χ4n) is 2.82. The number of para-hydroxylation sites is 1. The number of hydrogen-bond acceptors (Lipinski definition) is 3. The molecule has 1 saturated heterocycles. The summed E-state index contributed by atoms with van der Waals surface area (Å²) in [6.45, 7) is 5.40. The van der Waals surface area contributed by atoms with Crippen LogP contribution in [0.25, 0.3) is 0 Å².